The van der Waals surface area contributed by atoms with E-state index in [0.717, 1.165) is 36.9 Å². The van der Waals surface area contributed by atoms with Crippen molar-refractivity contribution in [1.82, 2.24) is 5.01 Å². The molecule has 1 heterocycles. The highest BCUT2D eigenvalue weighted by Gasteiger charge is 2.24. The zero-order chi connectivity index (χ0) is 18.4. The first-order chi connectivity index (χ1) is 12.7. The third-order valence-corrected chi connectivity index (χ3v) is 4.55. The van der Waals surface area contributed by atoms with Crippen LogP contribution in [0.4, 0.5) is 0 Å². The van der Waals surface area contributed by atoms with Crippen molar-refractivity contribution in [2.75, 3.05) is 20.1 Å². The lowest BCUT2D eigenvalue weighted by molar-refractivity contribution is 0.207. The highest BCUT2D eigenvalue weighted by molar-refractivity contribution is 6.02. The Morgan fingerprint density at radius 3 is 2.92 bits per heavy atom. The van der Waals surface area contributed by atoms with Crippen molar-refractivity contribution in [3.8, 4) is 0 Å². The van der Waals surface area contributed by atoms with Crippen molar-refractivity contribution in [2.24, 2.45) is 15.1 Å². The molecule has 5 heteroatoms. The van der Waals surface area contributed by atoms with Crippen molar-refractivity contribution in [2.45, 2.75) is 45.4 Å². The first-order valence-corrected chi connectivity index (χ1v) is 9.48. The standard InChI is InChI=1S/C21H28N4O/c1-4-13-25-21(26-20(22-3)15-23-5-2)12-11-19(24-25)18-8-6-7-17(14-18)16-9-10-16/h5-8,12,14,16H,4,9-11,13,15H2,1-3H3. The summed E-state index contributed by atoms with van der Waals surface area (Å²) in [5.41, 5.74) is 3.75. The van der Waals surface area contributed by atoms with Crippen molar-refractivity contribution in [1.29, 1.82) is 0 Å². The zero-order valence-corrected chi connectivity index (χ0v) is 16.0. The summed E-state index contributed by atoms with van der Waals surface area (Å²) in [6.07, 6.45) is 8.24. The van der Waals surface area contributed by atoms with Crippen molar-refractivity contribution >= 4 is 17.8 Å². The molecular weight excluding hydrogens is 324 g/mol. The molecule has 0 radical (unpaired) electrons. The van der Waals surface area contributed by atoms with Crippen LogP contribution < -0.4 is 0 Å². The lowest BCUT2D eigenvalue weighted by atomic mass is 10.0. The van der Waals surface area contributed by atoms with E-state index in [1.165, 1.54) is 24.0 Å². The SMILES string of the molecule is CC=NCC(=NC)OC1=CCC(c2cccc(C3CC3)c2)=NN1CCC. The van der Waals surface area contributed by atoms with E-state index in [-0.39, 0.29) is 0 Å². The van der Waals surface area contributed by atoms with E-state index in [1.807, 2.05) is 11.9 Å². The molecule has 0 saturated heterocycles. The van der Waals surface area contributed by atoms with Gasteiger partial charge in [0.2, 0.25) is 11.8 Å². The second kappa shape index (κ2) is 8.79. The molecule has 2 aliphatic rings. The predicted octanol–water partition coefficient (Wildman–Crippen LogP) is 4.36. The van der Waals surface area contributed by atoms with Crippen LogP contribution in [0.5, 0.6) is 0 Å². The second-order valence-corrected chi connectivity index (χ2v) is 6.63. The number of hydrazone groups is 1. The van der Waals surface area contributed by atoms with Gasteiger partial charge >= 0.3 is 0 Å². The van der Waals surface area contributed by atoms with E-state index >= 15 is 0 Å². The van der Waals surface area contributed by atoms with Gasteiger partial charge in [0.25, 0.3) is 0 Å². The molecule has 1 aromatic rings. The molecule has 1 aliphatic carbocycles. The zero-order valence-electron chi connectivity index (χ0n) is 16.0. The van der Waals surface area contributed by atoms with Gasteiger partial charge < -0.3 is 4.74 Å². The summed E-state index contributed by atoms with van der Waals surface area (Å²) in [7, 11) is 1.73. The number of rotatable bonds is 7. The maximum Gasteiger partial charge on any atom is 0.214 e. The van der Waals surface area contributed by atoms with Gasteiger partial charge in [0.1, 0.15) is 6.54 Å². The van der Waals surface area contributed by atoms with Crippen molar-refractivity contribution in [3.05, 3.63) is 47.4 Å². The van der Waals surface area contributed by atoms with Gasteiger partial charge in [-0.05, 0) is 61.6 Å². The molecule has 0 spiro atoms. The normalized spacial score (nSPS) is 18.1. The number of allylic oxidation sites excluding steroid dienone is 1. The van der Waals surface area contributed by atoms with E-state index in [2.05, 4.69) is 47.3 Å². The Morgan fingerprint density at radius 2 is 2.23 bits per heavy atom. The Hall–Kier alpha value is -2.43. The Balaban J connectivity index is 1.76. The molecule has 1 aliphatic heterocycles. The molecule has 0 amide bonds. The van der Waals surface area contributed by atoms with Gasteiger partial charge in [-0.15, -0.1) is 0 Å². The average molecular weight is 352 g/mol. The predicted molar refractivity (Wildman–Crippen MR) is 108 cm³/mol. The number of hydrogen-bond donors (Lipinski definition) is 0. The molecule has 1 aromatic carbocycles. The average Bonchev–Trinajstić information content (AvgIpc) is 3.52. The fourth-order valence-corrected chi connectivity index (χ4v) is 2.99. The van der Waals surface area contributed by atoms with Crippen LogP contribution in [0.2, 0.25) is 0 Å². The molecule has 0 unspecified atom stereocenters. The molecule has 0 aromatic heterocycles. The third kappa shape index (κ3) is 4.59. The summed E-state index contributed by atoms with van der Waals surface area (Å²) in [6.45, 7) is 5.30. The summed E-state index contributed by atoms with van der Waals surface area (Å²) in [5, 5.41) is 6.82. The summed E-state index contributed by atoms with van der Waals surface area (Å²) in [5.74, 6) is 2.11. The van der Waals surface area contributed by atoms with Crippen LogP contribution in [-0.4, -0.2) is 43.0 Å². The van der Waals surface area contributed by atoms with Crippen LogP contribution in [0.15, 0.2) is 51.3 Å². The minimum atomic E-state index is 0.449. The Kier molecular flexibility index (Phi) is 6.21. The maximum absolute atomic E-state index is 5.98. The van der Waals surface area contributed by atoms with Gasteiger partial charge in [0, 0.05) is 20.0 Å². The van der Waals surface area contributed by atoms with Crippen LogP contribution in [-0.2, 0) is 4.74 Å². The van der Waals surface area contributed by atoms with Gasteiger partial charge in [-0.3, -0.25) is 9.98 Å². The summed E-state index contributed by atoms with van der Waals surface area (Å²) in [6, 6.07) is 8.84. The lowest BCUT2D eigenvalue weighted by Gasteiger charge is -2.26. The van der Waals surface area contributed by atoms with E-state index in [4.69, 9.17) is 9.84 Å². The smallest absolute Gasteiger partial charge is 0.214 e. The molecule has 0 N–H and O–H groups in total. The second-order valence-electron chi connectivity index (χ2n) is 6.63. The van der Waals surface area contributed by atoms with E-state index < -0.39 is 0 Å². The first-order valence-electron chi connectivity index (χ1n) is 9.48. The van der Waals surface area contributed by atoms with Crippen molar-refractivity contribution < 1.29 is 4.74 Å². The van der Waals surface area contributed by atoms with Gasteiger partial charge in [0.05, 0.1) is 5.71 Å². The van der Waals surface area contributed by atoms with Crippen LogP contribution in [0.25, 0.3) is 0 Å². The Labute approximate surface area is 156 Å². The molecule has 1 fully saturated rings. The third-order valence-electron chi connectivity index (χ3n) is 4.55. The number of nitrogens with zero attached hydrogens (tertiary/aromatic N) is 4. The van der Waals surface area contributed by atoms with Gasteiger partial charge in [-0.1, -0.05) is 25.1 Å². The quantitative estimate of drug-likeness (QED) is 0.541. The number of benzene rings is 1. The van der Waals surface area contributed by atoms with Gasteiger partial charge in [0.15, 0.2) is 0 Å². The minimum Gasteiger partial charge on any atom is -0.424 e. The highest BCUT2D eigenvalue weighted by atomic mass is 16.5. The van der Waals surface area contributed by atoms with Crippen LogP contribution in [0.3, 0.4) is 0 Å². The number of hydrogen-bond acceptors (Lipinski definition) is 5. The van der Waals surface area contributed by atoms with Crippen LogP contribution in [0.1, 0.15) is 56.6 Å². The summed E-state index contributed by atoms with van der Waals surface area (Å²) >= 11 is 0. The fourth-order valence-electron chi connectivity index (χ4n) is 2.99. The van der Waals surface area contributed by atoms with E-state index in [0.29, 0.717) is 12.4 Å². The number of aliphatic imine (C=N–C) groups is 2. The molecular formula is C21H28N4O. The minimum absolute atomic E-state index is 0.449. The summed E-state index contributed by atoms with van der Waals surface area (Å²) < 4.78 is 5.98. The van der Waals surface area contributed by atoms with E-state index in [1.54, 1.807) is 13.3 Å². The molecule has 0 atom stereocenters. The molecule has 3 rings (SSSR count). The lowest BCUT2D eigenvalue weighted by Crippen LogP contribution is -2.27. The molecule has 1 saturated carbocycles. The molecule has 0 bridgehead atoms. The number of ether oxygens (including phenoxy) is 1. The van der Waals surface area contributed by atoms with E-state index in [9.17, 15) is 0 Å². The Morgan fingerprint density at radius 1 is 1.38 bits per heavy atom. The molecule has 138 valence electrons. The Bertz CT molecular complexity index is 744. The first kappa shape index (κ1) is 18.4. The van der Waals surface area contributed by atoms with Gasteiger partial charge in [-0.2, -0.15) is 5.10 Å². The van der Waals surface area contributed by atoms with Crippen LogP contribution in [0, 0.1) is 0 Å². The van der Waals surface area contributed by atoms with Gasteiger partial charge in [-0.25, -0.2) is 5.01 Å². The van der Waals surface area contributed by atoms with Crippen LogP contribution >= 0.6 is 0 Å². The fraction of sp³-hybridized carbons (Fsp3) is 0.476. The molecule has 5 nitrogen and oxygen atoms in total. The monoisotopic (exact) mass is 352 g/mol. The highest BCUT2D eigenvalue weighted by Crippen LogP contribution is 2.40. The largest absolute Gasteiger partial charge is 0.424 e. The maximum atomic E-state index is 5.98. The van der Waals surface area contributed by atoms with Crippen molar-refractivity contribution in [3.63, 3.8) is 0 Å². The molecule has 26 heavy (non-hydrogen) atoms. The topological polar surface area (TPSA) is 49.6 Å². The summed E-state index contributed by atoms with van der Waals surface area (Å²) in [4.78, 5) is 8.41.